The Kier molecular flexibility index (Phi) is 5.48. The van der Waals surface area contributed by atoms with Crippen LogP contribution in [0.25, 0.3) is 0 Å². The van der Waals surface area contributed by atoms with E-state index < -0.39 is 16.0 Å². The number of benzene rings is 1. The van der Waals surface area contributed by atoms with Crippen LogP contribution in [0.1, 0.15) is 23.2 Å². The molecule has 0 aliphatic heterocycles. The number of nitrogens with zero attached hydrogens (tertiary/aromatic N) is 1. The Morgan fingerprint density at radius 2 is 2.00 bits per heavy atom. The molecule has 1 rings (SSSR count). The summed E-state index contributed by atoms with van der Waals surface area (Å²) in [7, 11) is -2.19. The van der Waals surface area contributed by atoms with Crippen LogP contribution in [0, 0.1) is 11.3 Å². The first kappa shape index (κ1) is 15.1. The van der Waals surface area contributed by atoms with Crippen LogP contribution in [0.4, 0.5) is 0 Å². The SMILES string of the molecule is CNS(=O)(=O)c1ccc(C(=O)OCCCC#N)cc1. The minimum atomic E-state index is -3.50. The zero-order valence-corrected chi connectivity index (χ0v) is 11.2. The van der Waals surface area contributed by atoms with Crippen LogP contribution in [0.3, 0.4) is 0 Å². The van der Waals surface area contributed by atoms with Gasteiger partial charge in [0.05, 0.1) is 23.1 Å². The average Bonchev–Trinajstić information content (AvgIpc) is 2.43. The Morgan fingerprint density at radius 1 is 1.37 bits per heavy atom. The zero-order valence-electron chi connectivity index (χ0n) is 10.4. The topological polar surface area (TPSA) is 96.3 Å². The fourth-order valence-electron chi connectivity index (χ4n) is 1.29. The maximum absolute atomic E-state index is 11.6. The van der Waals surface area contributed by atoms with Crippen molar-refractivity contribution in [2.24, 2.45) is 0 Å². The lowest BCUT2D eigenvalue weighted by Crippen LogP contribution is -2.18. The quantitative estimate of drug-likeness (QED) is 0.621. The van der Waals surface area contributed by atoms with E-state index >= 15 is 0 Å². The molecule has 0 radical (unpaired) electrons. The van der Waals surface area contributed by atoms with E-state index in [1.807, 2.05) is 6.07 Å². The highest BCUT2D eigenvalue weighted by molar-refractivity contribution is 7.89. The van der Waals surface area contributed by atoms with Crippen molar-refractivity contribution in [1.29, 1.82) is 5.26 Å². The fourth-order valence-corrected chi connectivity index (χ4v) is 2.02. The summed E-state index contributed by atoms with van der Waals surface area (Å²) in [5.41, 5.74) is 0.270. The second-order valence-electron chi connectivity index (χ2n) is 3.63. The molecule has 0 aromatic heterocycles. The van der Waals surface area contributed by atoms with E-state index in [-0.39, 0.29) is 17.1 Å². The molecule has 0 aliphatic rings. The van der Waals surface area contributed by atoms with Crippen molar-refractivity contribution in [2.75, 3.05) is 13.7 Å². The zero-order chi connectivity index (χ0) is 14.3. The smallest absolute Gasteiger partial charge is 0.338 e. The number of ether oxygens (including phenoxy) is 1. The van der Waals surface area contributed by atoms with Gasteiger partial charge in [-0.3, -0.25) is 0 Å². The van der Waals surface area contributed by atoms with Gasteiger partial charge in [-0.15, -0.1) is 0 Å². The van der Waals surface area contributed by atoms with Crippen molar-refractivity contribution in [3.63, 3.8) is 0 Å². The summed E-state index contributed by atoms with van der Waals surface area (Å²) in [6.45, 7) is 0.170. The number of unbranched alkanes of at least 4 members (excludes halogenated alkanes) is 1. The number of sulfonamides is 1. The number of carbonyl (C=O) groups excluding carboxylic acids is 1. The summed E-state index contributed by atoms with van der Waals surface area (Å²) in [5, 5.41) is 8.33. The van der Waals surface area contributed by atoms with Gasteiger partial charge in [-0.25, -0.2) is 17.9 Å². The van der Waals surface area contributed by atoms with E-state index in [1.165, 1.54) is 31.3 Å². The third-order valence-electron chi connectivity index (χ3n) is 2.34. The minimum Gasteiger partial charge on any atom is -0.462 e. The second-order valence-corrected chi connectivity index (χ2v) is 5.52. The molecule has 0 aliphatic carbocycles. The molecule has 1 aromatic carbocycles. The normalized spacial score (nSPS) is 10.7. The van der Waals surface area contributed by atoms with E-state index in [2.05, 4.69) is 4.72 Å². The van der Waals surface area contributed by atoms with Gasteiger partial charge in [0.2, 0.25) is 10.0 Å². The lowest BCUT2D eigenvalue weighted by Gasteiger charge is -2.05. The van der Waals surface area contributed by atoms with Crippen molar-refractivity contribution in [1.82, 2.24) is 4.72 Å². The minimum absolute atomic E-state index is 0.0797. The summed E-state index contributed by atoms with van der Waals surface area (Å²) in [4.78, 5) is 11.6. The summed E-state index contributed by atoms with van der Waals surface area (Å²) in [6, 6.07) is 7.38. The van der Waals surface area contributed by atoms with Gasteiger partial charge in [-0.2, -0.15) is 5.26 Å². The molecular weight excluding hydrogens is 268 g/mol. The molecule has 0 amide bonds. The second kappa shape index (κ2) is 6.87. The molecule has 0 fully saturated rings. The molecular formula is C12H14N2O4S. The molecule has 19 heavy (non-hydrogen) atoms. The largest absolute Gasteiger partial charge is 0.462 e. The highest BCUT2D eigenvalue weighted by Gasteiger charge is 2.13. The van der Waals surface area contributed by atoms with Gasteiger partial charge in [0.15, 0.2) is 0 Å². The molecule has 7 heteroatoms. The molecule has 1 N–H and O–H groups in total. The van der Waals surface area contributed by atoms with Crippen LogP contribution in [0.5, 0.6) is 0 Å². The Balaban J connectivity index is 2.67. The Hall–Kier alpha value is -1.91. The van der Waals surface area contributed by atoms with Crippen LogP contribution in [0.15, 0.2) is 29.2 Å². The third kappa shape index (κ3) is 4.35. The van der Waals surface area contributed by atoms with Crippen LogP contribution in [-0.4, -0.2) is 28.0 Å². The van der Waals surface area contributed by atoms with Gasteiger partial charge < -0.3 is 4.74 Å². The predicted octanol–water partition coefficient (Wildman–Crippen LogP) is 1.06. The van der Waals surface area contributed by atoms with Gasteiger partial charge in [0, 0.05) is 6.42 Å². The van der Waals surface area contributed by atoms with Gasteiger partial charge in [0.1, 0.15) is 0 Å². The number of nitriles is 1. The fraction of sp³-hybridized carbons (Fsp3) is 0.333. The summed E-state index contributed by atoms with van der Waals surface area (Å²) in [5.74, 6) is -0.536. The number of carbonyl (C=O) groups is 1. The number of rotatable bonds is 6. The first-order chi connectivity index (χ1) is 9.01. The molecule has 1 aromatic rings. The van der Waals surface area contributed by atoms with E-state index in [9.17, 15) is 13.2 Å². The summed E-state index contributed by atoms with van der Waals surface area (Å²) < 4.78 is 30.0. The predicted molar refractivity (Wildman–Crippen MR) is 67.8 cm³/mol. The number of nitrogens with one attached hydrogen (secondary N) is 1. The van der Waals surface area contributed by atoms with E-state index in [0.29, 0.717) is 12.8 Å². The van der Waals surface area contributed by atoms with Crippen LogP contribution >= 0.6 is 0 Å². The number of hydrogen-bond donors (Lipinski definition) is 1. The van der Waals surface area contributed by atoms with Gasteiger partial charge in [0.25, 0.3) is 0 Å². The van der Waals surface area contributed by atoms with Gasteiger partial charge in [-0.1, -0.05) is 0 Å². The van der Waals surface area contributed by atoms with Crippen molar-refractivity contribution in [2.45, 2.75) is 17.7 Å². The van der Waals surface area contributed by atoms with E-state index in [0.717, 1.165) is 0 Å². The Morgan fingerprint density at radius 3 is 2.53 bits per heavy atom. The van der Waals surface area contributed by atoms with Gasteiger partial charge in [-0.05, 0) is 37.7 Å². The molecule has 102 valence electrons. The first-order valence-corrected chi connectivity index (χ1v) is 7.07. The summed E-state index contributed by atoms with van der Waals surface area (Å²) >= 11 is 0. The maximum atomic E-state index is 11.6. The van der Waals surface area contributed by atoms with Crippen molar-refractivity contribution in [3.8, 4) is 6.07 Å². The standard InChI is InChI=1S/C12H14N2O4S/c1-14-19(16,17)11-6-4-10(5-7-11)12(15)18-9-3-2-8-13/h4-7,14H,2-3,9H2,1H3. The van der Waals surface area contributed by atoms with E-state index in [4.69, 9.17) is 10.00 Å². The Bertz CT molecular complexity index is 573. The van der Waals surface area contributed by atoms with Crippen molar-refractivity contribution >= 4 is 16.0 Å². The van der Waals surface area contributed by atoms with Crippen molar-refractivity contribution < 1.29 is 17.9 Å². The first-order valence-electron chi connectivity index (χ1n) is 5.59. The van der Waals surface area contributed by atoms with Crippen molar-refractivity contribution in [3.05, 3.63) is 29.8 Å². The number of esters is 1. The monoisotopic (exact) mass is 282 g/mol. The average molecular weight is 282 g/mol. The third-order valence-corrected chi connectivity index (χ3v) is 3.77. The summed E-state index contributed by atoms with van der Waals surface area (Å²) in [6.07, 6.45) is 0.807. The highest BCUT2D eigenvalue weighted by Crippen LogP contribution is 2.11. The molecule has 0 heterocycles. The molecule has 0 atom stereocenters. The maximum Gasteiger partial charge on any atom is 0.338 e. The molecule has 0 saturated heterocycles. The number of hydrogen-bond acceptors (Lipinski definition) is 5. The molecule has 0 unspecified atom stereocenters. The lowest BCUT2D eigenvalue weighted by atomic mass is 10.2. The van der Waals surface area contributed by atoms with Crippen LogP contribution < -0.4 is 4.72 Å². The molecule has 0 bridgehead atoms. The molecule has 6 nitrogen and oxygen atoms in total. The molecule has 0 saturated carbocycles. The lowest BCUT2D eigenvalue weighted by molar-refractivity contribution is 0.0501. The molecule has 0 spiro atoms. The van der Waals surface area contributed by atoms with Gasteiger partial charge >= 0.3 is 5.97 Å². The van der Waals surface area contributed by atoms with Crippen LogP contribution in [-0.2, 0) is 14.8 Å². The van der Waals surface area contributed by atoms with E-state index in [1.54, 1.807) is 0 Å². The highest BCUT2D eigenvalue weighted by atomic mass is 32.2. The Labute approximate surface area is 112 Å². The van der Waals surface area contributed by atoms with Crippen LogP contribution in [0.2, 0.25) is 0 Å².